The Labute approximate surface area is 292 Å². The second-order valence-electron chi connectivity index (χ2n) is 14.3. The van der Waals surface area contributed by atoms with E-state index < -0.39 is 10.9 Å². The van der Waals surface area contributed by atoms with E-state index in [2.05, 4.69) is 121 Å². The number of nitrogens with zero attached hydrogens (tertiary/aromatic N) is 2. The topological polar surface area (TPSA) is 58.3 Å². The summed E-state index contributed by atoms with van der Waals surface area (Å²) in [5.41, 5.74) is 7.20. The fourth-order valence-electron chi connectivity index (χ4n) is 7.56. The molecule has 50 heavy (non-hydrogen) atoms. The molecule has 2 N–H and O–H groups in total. The highest BCUT2D eigenvalue weighted by Crippen LogP contribution is 2.46. The van der Waals surface area contributed by atoms with Crippen LogP contribution in [0, 0.1) is 0 Å². The number of imidazole rings is 1. The minimum absolute atomic E-state index is 0.200. The van der Waals surface area contributed by atoms with Crippen molar-refractivity contribution in [1.82, 2.24) is 9.55 Å². The summed E-state index contributed by atoms with van der Waals surface area (Å²) in [5, 5.41) is 31.5. The molecule has 0 unspecified atom stereocenters. The molecule has 7 heteroatoms. The first-order valence-electron chi connectivity index (χ1n) is 17.1. The van der Waals surface area contributed by atoms with Gasteiger partial charge in [-0.25, -0.2) is 4.98 Å². The molecule has 0 fully saturated rings. The van der Waals surface area contributed by atoms with E-state index in [1.807, 2.05) is 34.9 Å². The third kappa shape index (κ3) is 4.62. The Hall–Kier alpha value is -5.62. The molecule has 9 aromatic rings. The molecule has 1 aromatic heterocycles. The Morgan fingerprint density at radius 2 is 1.06 bits per heavy atom. The number of aliphatic hydroxyl groups is 2. The summed E-state index contributed by atoms with van der Waals surface area (Å²) in [6.07, 6.45) is 0. The maximum atomic E-state index is 11.4. The summed E-state index contributed by atoms with van der Waals surface area (Å²) in [5.74, 6) is -1.96. The molecule has 0 radical (unpaired) electrons. The van der Waals surface area contributed by atoms with Crippen LogP contribution in [-0.4, -0.2) is 43.3 Å². The van der Waals surface area contributed by atoms with Crippen molar-refractivity contribution in [3.05, 3.63) is 157 Å². The number of rotatable bonds is 5. The van der Waals surface area contributed by atoms with Crippen molar-refractivity contribution in [3.8, 4) is 27.9 Å². The van der Waals surface area contributed by atoms with Crippen molar-refractivity contribution in [2.75, 3.05) is 0 Å². The zero-order valence-corrected chi connectivity index (χ0v) is 28.2. The van der Waals surface area contributed by atoms with Crippen molar-refractivity contribution < 1.29 is 10.2 Å². The van der Waals surface area contributed by atoms with Crippen molar-refractivity contribution in [2.45, 2.75) is 10.9 Å². The summed E-state index contributed by atoms with van der Waals surface area (Å²) in [4.78, 5) is 4.73. The Bertz CT molecular complexity index is 2740. The largest absolute Gasteiger partial charge is 0.361 e. The maximum absolute atomic E-state index is 11.4. The van der Waals surface area contributed by atoms with E-state index >= 15 is 0 Å². The van der Waals surface area contributed by atoms with Crippen LogP contribution in [0.25, 0.3) is 82.1 Å². The predicted octanol–water partition coefficient (Wildman–Crippen LogP) is 7.08. The summed E-state index contributed by atoms with van der Waals surface area (Å²) < 4.78 is 1.88. The van der Waals surface area contributed by atoms with Gasteiger partial charge in [-0.2, -0.15) is 0 Å². The van der Waals surface area contributed by atoms with Crippen LogP contribution in [-0.2, 0) is 5.79 Å². The van der Waals surface area contributed by atoms with Crippen LogP contribution in [0.4, 0.5) is 0 Å². The van der Waals surface area contributed by atoms with Gasteiger partial charge in [-0.3, -0.25) is 4.57 Å². The smallest absolute Gasteiger partial charge is 0.208 e. The molecule has 0 atom stereocenters. The highest BCUT2D eigenvalue weighted by atomic mass is 16.5. The highest BCUT2D eigenvalue weighted by Gasteiger charge is 2.44. The van der Waals surface area contributed by atoms with Crippen molar-refractivity contribution in [2.24, 2.45) is 0 Å². The SMILES string of the molecule is BC(B)(B)C(O)(O)c1nc2ccccc2n1-c1ccc2cc(-c3c4ccccc4c(-c4cccc5ccccc45)c4ccccc34)ccc2c1. The second-order valence-corrected chi connectivity index (χ2v) is 14.3. The van der Waals surface area contributed by atoms with Crippen molar-refractivity contribution in [3.63, 3.8) is 0 Å². The van der Waals surface area contributed by atoms with Crippen molar-refractivity contribution >= 4 is 77.7 Å². The predicted molar refractivity (Wildman–Crippen MR) is 216 cm³/mol. The molecule has 4 nitrogen and oxygen atoms in total. The lowest BCUT2D eigenvalue weighted by Gasteiger charge is -2.35. The number of para-hydroxylation sites is 2. The normalized spacial score (nSPS) is 12.4. The third-order valence-corrected chi connectivity index (χ3v) is 10.3. The Morgan fingerprint density at radius 3 is 1.76 bits per heavy atom. The van der Waals surface area contributed by atoms with E-state index in [4.69, 9.17) is 4.98 Å². The average molecular weight is 642 g/mol. The van der Waals surface area contributed by atoms with Crippen LogP contribution in [0.3, 0.4) is 0 Å². The number of fused-ring (bicyclic) bond motifs is 5. The Balaban J connectivity index is 1.25. The van der Waals surface area contributed by atoms with Gasteiger partial charge in [0, 0.05) is 5.69 Å². The molecule has 8 aromatic carbocycles. The van der Waals surface area contributed by atoms with Gasteiger partial charge in [0.05, 0.1) is 34.6 Å². The molecule has 9 rings (SSSR count). The second kappa shape index (κ2) is 11.2. The molecule has 0 aliphatic heterocycles. The van der Waals surface area contributed by atoms with Gasteiger partial charge in [0.15, 0.2) is 5.82 Å². The van der Waals surface area contributed by atoms with E-state index in [1.54, 1.807) is 23.5 Å². The zero-order chi connectivity index (χ0) is 34.2. The van der Waals surface area contributed by atoms with E-state index in [0.29, 0.717) is 5.52 Å². The maximum Gasteiger partial charge on any atom is 0.208 e. The number of benzene rings is 8. The van der Waals surface area contributed by atoms with Crippen LogP contribution in [0.15, 0.2) is 152 Å². The first-order chi connectivity index (χ1) is 24.2. The van der Waals surface area contributed by atoms with E-state index in [0.717, 1.165) is 27.5 Å². The Kier molecular flexibility index (Phi) is 6.83. The summed E-state index contributed by atoms with van der Waals surface area (Å²) in [6, 6.07) is 53.4. The van der Waals surface area contributed by atoms with Crippen LogP contribution in [0.2, 0.25) is 5.11 Å². The first-order valence-corrected chi connectivity index (χ1v) is 17.1. The third-order valence-electron chi connectivity index (χ3n) is 10.3. The number of aromatic nitrogens is 2. The lowest BCUT2D eigenvalue weighted by molar-refractivity contribution is -0.175. The minimum Gasteiger partial charge on any atom is -0.361 e. The molecule has 0 aliphatic carbocycles. The number of hydrogen-bond donors (Lipinski definition) is 2. The van der Waals surface area contributed by atoms with Gasteiger partial charge in [0.25, 0.3) is 0 Å². The molecule has 0 aliphatic rings. The molecular weight excluding hydrogens is 609 g/mol. The van der Waals surface area contributed by atoms with Crippen molar-refractivity contribution in [1.29, 1.82) is 0 Å². The zero-order valence-electron chi connectivity index (χ0n) is 28.2. The lowest BCUT2D eigenvalue weighted by atomic mass is 9.38. The fourth-order valence-corrected chi connectivity index (χ4v) is 7.56. The molecule has 236 valence electrons. The fraction of sp³-hybridized carbons (Fsp3) is 0.0465. The molecule has 1 heterocycles. The molecule has 0 spiro atoms. The van der Waals surface area contributed by atoms with Gasteiger partial charge in [-0.1, -0.05) is 126 Å². The van der Waals surface area contributed by atoms with Crippen LogP contribution in [0.1, 0.15) is 5.82 Å². The lowest BCUT2D eigenvalue weighted by Crippen LogP contribution is -2.44. The Morgan fingerprint density at radius 1 is 0.500 bits per heavy atom. The van der Waals surface area contributed by atoms with Crippen LogP contribution < -0.4 is 0 Å². The molecular formula is C43H33B3N2O2. The van der Waals surface area contributed by atoms with E-state index in [-0.39, 0.29) is 5.82 Å². The monoisotopic (exact) mass is 642 g/mol. The van der Waals surface area contributed by atoms with Gasteiger partial charge in [-0.05, 0) is 95.7 Å². The highest BCUT2D eigenvalue weighted by molar-refractivity contribution is 6.59. The summed E-state index contributed by atoms with van der Waals surface area (Å²) in [7, 11) is 5.42. The van der Waals surface area contributed by atoms with Gasteiger partial charge in [-0.15, -0.1) is 0 Å². The summed E-state index contributed by atoms with van der Waals surface area (Å²) in [6.45, 7) is 0. The van der Waals surface area contributed by atoms with E-state index in [1.165, 1.54) is 49.0 Å². The van der Waals surface area contributed by atoms with Crippen LogP contribution in [0.5, 0.6) is 0 Å². The quantitative estimate of drug-likeness (QED) is 0.120. The molecule has 0 amide bonds. The number of hydrogen-bond acceptors (Lipinski definition) is 3. The van der Waals surface area contributed by atoms with Gasteiger partial charge < -0.3 is 10.2 Å². The van der Waals surface area contributed by atoms with Gasteiger partial charge >= 0.3 is 0 Å². The van der Waals surface area contributed by atoms with Gasteiger partial charge in [0.1, 0.15) is 0 Å². The van der Waals surface area contributed by atoms with Gasteiger partial charge in [0.2, 0.25) is 5.79 Å². The summed E-state index contributed by atoms with van der Waals surface area (Å²) >= 11 is 0. The first kappa shape index (κ1) is 30.4. The standard InChI is InChI=1S/C43H33B3N2O2/c44-43(45,46)42(49,50)41-47-37-18-7-8-19-38(37)48(41)30-23-22-27-24-29(21-20-28(27)25-30)39-33-13-3-5-15-35(33)40(36-16-6-4-14-34(36)39)32-17-9-11-26-10-1-2-12-31(26)32/h1-25,49-50H,44-46H2. The molecule has 0 bridgehead atoms. The average Bonchev–Trinajstić information content (AvgIpc) is 3.53. The molecule has 0 saturated heterocycles. The minimum atomic E-state index is -2.16. The molecule has 0 saturated carbocycles. The van der Waals surface area contributed by atoms with E-state index in [9.17, 15) is 10.2 Å². The van der Waals surface area contributed by atoms with Crippen LogP contribution >= 0.6 is 0 Å².